The van der Waals surface area contributed by atoms with Crippen molar-refractivity contribution >= 4 is 12.6 Å². The third kappa shape index (κ3) is 18.3. The van der Waals surface area contributed by atoms with Crippen LogP contribution in [0.15, 0.2) is 0 Å². The van der Waals surface area contributed by atoms with Gasteiger partial charge in [0.25, 0.3) is 0 Å². The highest BCUT2D eigenvalue weighted by Crippen LogP contribution is 2.12. The van der Waals surface area contributed by atoms with Crippen molar-refractivity contribution in [3.05, 3.63) is 0 Å². The number of quaternary nitrogens is 1. The second-order valence-corrected chi connectivity index (χ2v) is 7.43. The molecule has 0 rings (SSSR count). The fourth-order valence-corrected chi connectivity index (χ4v) is 2.69. The van der Waals surface area contributed by atoms with Gasteiger partial charge >= 0.3 is 0 Å². The molecule has 0 radical (unpaired) electrons. The normalized spacial score (nSPS) is 12.0. The summed E-state index contributed by atoms with van der Waals surface area (Å²) in [6.07, 6.45) is 17.1. The van der Waals surface area contributed by atoms with E-state index in [4.69, 9.17) is 0 Å². The maximum atomic E-state index is 4.24. The smallest absolute Gasteiger partial charge is 0.0780 e. The molecule has 0 N–H and O–H groups in total. The van der Waals surface area contributed by atoms with E-state index in [9.17, 15) is 0 Å². The van der Waals surface area contributed by atoms with E-state index in [-0.39, 0.29) is 0 Å². The molecule has 116 valence electrons. The van der Waals surface area contributed by atoms with Gasteiger partial charge < -0.3 is 4.48 Å². The molecule has 0 bridgehead atoms. The Labute approximate surface area is 128 Å². The lowest BCUT2D eigenvalue weighted by Gasteiger charge is -2.23. The van der Waals surface area contributed by atoms with Crippen LogP contribution in [-0.2, 0) is 0 Å². The minimum Gasteiger partial charge on any atom is -0.331 e. The van der Waals surface area contributed by atoms with E-state index in [1.54, 1.807) is 0 Å². The Balaban J connectivity index is 2.99. The molecule has 1 nitrogen and oxygen atoms in total. The fourth-order valence-electron chi connectivity index (χ4n) is 2.47. The Morgan fingerprint density at radius 1 is 0.526 bits per heavy atom. The highest BCUT2D eigenvalue weighted by Gasteiger charge is 2.04. The molecule has 0 aromatic carbocycles. The molecular formula is C17H38NS+. The zero-order chi connectivity index (χ0) is 14.4. The lowest BCUT2D eigenvalue weighted by molar-refractivity contribution is -0.870. The zero-order valence-electron chi connectivity index (χ0n) is 13.8. The molecule has 0 fully saturated rings. The summed E-state index contributed by atoms with van der Waals surface area (Å²) < 4.78 is 1.12. The van der Waals surface area contributed by atoms with Crippen molar-refractivity contribution in [1.29, 1.82) is 0 Å². The Morgan fingerprint density at radius 2 is 0.842 bits per heavy atom. The van der Waals surface area contributed by atoms with Gasteiger partial charge in [-0.05, 0) is 25.0 Å². The monoisotopic (exact) mass is 288 g/mol. The standard InChI is InChI=1S/C17H37NS/c1-18(2,3)16-14-12-10-8-6-4-5-7-9-11-13-15-17-19/h4-17H2,1-3H3/p+1. The van der Waals surface area contributed by atoms with Crippen LogP contribution in [0.3, 0.4) is 0 Å². The maximum Gasteiger partial charge on any atom is 0.0780 e. The van der Waals surface area contributed by atoms with Crippen LogP contribution in [0.25, 0.3) is 0 Å². The summed E-state index contributed by atoms with van der Waals surface area (Å²) in [4.78, 5) is 0. The molecule has 0 saturated heterocycles. The van der Waals surface area contributed by atoms with Crippen LogP contribution < -0.4 is 0 Å². The number of hydrogen-bond donors (Lipinski definition) is 1. The van der Waals surface area contributed by atoms with Crippen molar-refractivity contribution in [1.82, 2.24) is 0 Å². The first kappa shape index (κ1) is 19.3. The highest BCUT2D eigenvalue weighted by atomic mass is 32.1. The minimum atomic E-state index is 1.06. The summed E-state index contributed by atoms with van der Waals surface area (Å²) in [5.41, 5.74) is 0. The predicted octanol–water partition coefficient (Wildman–Crippen LogP) is 5.30. The number of nitrogens with zero attached hydrogens (tertiary/aromatic N) is 1. The average Bonchev–Trinajstić information content (AvgIpc) is 2.34. The van der Waals surface area contributed by atoms with Gasteiger partial charge in [-0.1, -0.05) is 57.8 Å². The first-order chi connectivity index (χ1) is 9.06. The van der Waals surface area contributed by atoms with E-state index in [2.05, 4.69) is 33.8 Å². The van der Waals surface area contributed by atoms with E-state index >= 15 is 0 Å². The lowest BCUT2D eigenvalue weighted by atomic mass is 10.1. The third-order valence-electron chi connectivity index (χ3n) is 3.74. The van der Waals surface area contributed by atoms with Crippen LogP contribution in [0.5, 0.6) is 0 Å². The van der Waals surface area contributed by atoms with E-state index in [0.29, 0.717) is 0 Å². The topological polar surface area (TPSA) is 0 Å². The van der Waals surface area contributed by atoms with Gasteiger partial charge in [-0.25, -0.2) is 0 Å². The summed E-state index contributed by atoms with van der Waals surface area (Å²) in [5.74, 6) is 1.06. The zero-order valence-corrected chi connectivity index (χ0v) is 14.7. The van der Waals surface area contributed by atoms with Crippen molar-refractivity contribution in [2.24, 2.45) is 0 Å². The summed E-state index contributed by atoms with van der Waals surface area (Å²) >= 11 is 4.24. The molecule has 0 heterocycles. The molecule has 0 amide bonds. The molecule has 0 aliphatic heterocycles. The van der Waals surface area contributed by atoms with E-state index in [0.717, 1.165) is 10.2 Å². The van der Waals surface area contributed by atoms with Crippen LogP contribution in [0.2, 0.25) is 0 Å². The molecule has 0 saturated carbocycles. The van der Waals surface area contributed by atoms with Crippen LogP contribution in [0, 0.1) is 0 Å². The first-order valence-corrected chi connectivity index (χ1v) is 9.11. The highest BCUT2D eigenvalue weighted by molar-refractivity contribution is 7.80. The van der Waals surface area contributed by atoms with Gasteiger partial charge in [0.15, 0.2) is 0 Å². The predicted molar refractivity (Wildman–Crippen MR) is 92.2 cm³/mol. The Bertz CT molecular complexity index is 175. The molecule has 0 aliphatic carbocycles. The maximum absolute atomic E-state index is 4.24. The average molecular weight is 289 g/mol. The third-order valence-corrected chi connectivity index (χ3v) is 4.05. The lowest BCUT2D eigenvalue weighted by Crippen LogP contribution is -2.35. The molecule has 0 aromatic rings. The summed E-state index contributed by atoms with van der Waals surface area (Å²) in [6.45, 7) is 1.33. The molecule has 19 heavy (non-hydrogen) atoms. The van der Waals surface area contributed by atoms with Crippen molar-refractivity contribution < 1.29 is 4.48 Å². The number of thiol groups is 1. The summed E-state index contributed by atoms with van der Waals surface area (Å²) in [7, 11) is 6.86. The van der Waals surface area contributed by atoms with E-state index in [1.165, 1.54) is 83.6 Å². The van der Waals surface area contributed by atoms with E-state index in [1.807, 2.05) is 0 Å². The molecule has 0 atom stereocenters. The molecule has 0 unspecified atom stereocenters. The van der Waals surface area contributed by atoms with Crippen LogP contribution in [0.4, 0.5) is 0 Å². The molecule has 0 spiro atoms. The largest absolute Gasteiger partial charge is 0.331 e. The van der Waals surface area contributed by atoms with Gasteiger partial charge in [0.1, 0.15) is 0 Å². The number of hydrogen-bond acceptors (Lipinski definition) is 1. The Hall–Kier alpha value is 0.310. The second kappa shape index (κ2) is 13.3. The SMILES string of the molecule is C[N+](C)(C)CCCCCCCCCCCCCCS. The van der Waals surface area contributed by atoms with Crippen LogP contribution in [-0.4, -0.2) is 37.9 Å². The van der Waals surface area contributed by atoms with Crippen molar-refractivity contribution in [3.8, 4) is 0 Å². The van der Waals surface area contributed by atoms with E-state index < -0.39 is 0 Å². The van der Waals surface area contributed by atoms with Crippen molar-refractivity contribution in [2.75, 3.05) is 33.4 Å². The molecule has 2 heteroatoms. The minimum absolute atomic E-state index is 1.06. The van der Waals surface area contributed by atoms with Gasteiger partial charge in [-0.15, -0.1) is 0 Å². The Morgan fingerprint density at radius 3 is 1.16 bits per heavy atom. The van der Waals surface area contributed by atoms with Gasteiger partial charge in [0.2, 0.25) is 0 Å². The number of rotatable bonds is 14. The second-order valence-electron chi connectivity index (χ2n) is 6.98. The van der Waals surface area contributed by atoms with Crippen LogP contribution in [0.1, 0.15) is 77.0 Å². The summed E-state index contributed by atoms with van der Waals surface area (Å²) in [6, 6.07) is 0. The van der Waals surface area contributed by atoms with Gasteiger partial charge in [-0.2, -0.15) is 12.6 Å². The molecular weight excluding hydrogens is 250 g/mol. The molecule has 0 aliphatic rings. The summed E-state index contributed by atoms with van der Waals surface area (Å²) in [5, 5.41) is 0. The van der Waals surface area contributed by atoms with Gasteiger partial charge in [0.05, 0.1) is 27.7 Å². The molecule has 0 aromatic heterocycles. The first-order valence-electron chi connectivity index (χ1n) is 8.47. The van der Waals surface area contributed by atoms with Crippen molar-refractivity contribution in [2.45, 2.75) is 77.0 Å². The van der Waals surface area contributed by atoms with Gasteiger partial charge in [0, 0.05) is 0 Å². The van der Waals surface area contributed by atoms with Gasteiger partial charge in [-0.3, -0.25) is 0 Å². The Kier molecular flexibility index (Phi) is 13.5. The quantitative estimate of drug-likeness (QED) is 0.250. The van der Waals surface area contributed by atoms with Crippen molar-refractivity contribution in [3.63, 3.8) is 0 Å². The van der Waals surface area contributed by atoms with Crippen LogP contribution >= 0.6 is 12.6 Å². The number of unbranched alkanes of at least 4 members (excludes halogenated alkanes) is 11. The fraction of sp³-hybridized carbons (Fsp3) is 1.00.